The van der Waals surface area contributed by atoms with Gasteiger partial charge in [0.1, 0.15) is 11.2 Å². The van der Waals surface area contributed by atoms with Crippen LogP contribution in [0.2, 0.25) is 0 Å². The van der Waals surface area contributed by atoms with E-state index in [0.29, 0.717) is 0 Å². The molecule has 2 aliphatic heterocycles. The van der Waals surface area contributed by atoms with E-state index in [1.54, 1.807) is 0 Å². The van der Waals surface area contributed by atoms with Gasteiger partial charge in [-0.25, -0.2) is 0 Å². The molecule has 13 rings (SSSR count). The minimum Gasteiger partial charge on any atom is -0.456 e. The first-order valence-corrected chi connectivity index (χ1v) is 28.5. The number of nitrogens with zero attached hydrogens (tertiary/aromatic N) is 3. The predicted molar refractivity (Wildman–Crippen MR) is 331 cm³/mol. The zero-order chi connectivity index (χ0) is 54.1. The highest BCUT2D eigenvalue weighted by Gasteiger charge is 2.49. The summed E-state index contributed by atoms with van der Waals surface area (Å²) in [6.45, 7) is 36.1. The van der Waals surface area contributed by atoms with E-state index < -0.39 is 0 Å². The minimum atomic E-state index is -0.172. The summed E-state index contributed by atoms with van der Waals surface area (Å²) >= 11 is 0. The van der Waals surface area contributed by atoms with Gasteiger partial charge in [-0.05, 0) is 199 Å². The zero-order valence-electron chi connectivity index (χ0n) is 48.4. The Bertz CT molecular complexity index is 3860. The molecule has 3 heterocycles. The average molecular weight is 1010 g/mol. The van der Waals surface area contributed by atoms with Crippen molar-refractivity contribution in [3.63, 3.8) is 0 Å². The molecule has 9 aromatic rings. The second-order valence-electron chi connectivity index (χ2n) is 28.1. The molecule has 4 aliphatic rings. The first kappa shape index (κ1) is 49.6. The van der Waals surface area contributed by atoms with E-state index in [2.05, 4.69) is 270 Å². The Morgan fingerprint density at radius 2 is 1.00 bits per heavy atom. The van der Waals surface area contributed by atoms with Crippen molar-refractivity contribution in [2.45, 2.75) is 156 Å². The Morgan fingerprint density at radius 3 is 1.62 bits per heavy atom. The van der Waals surface area contributed by atoms with Crippen molar-refractivity contribution >= 4 is 96.2 Å². The minimum absolute atomic E-state index is 0.00238. The van der Waals surface area contributed by atoms with Gasteiger partial charge in [0, 0.05) is 62.0 Å². The Labute approximate surface area is 459 Å². The van der Waals surface area contributed by atoms with Gasteiger partial charge in [-0.1, -0.05) is 164 Å². The fourth-order valence-corrected chi connectivity index (χ4v) is 14.5. The number of para-hydroxylation sites is 2. The smallest absolute Gasteiger partial charge is 0.252 e. The number of benzene rings is 8. The molecule has 0 fully saturated rings. The van der Waals surface area contributed by atoms with Gasteiger partial charge >= 0.3 is 0 Å². The SMILES string of the molecule is Cc1cc2c(cc1N1c3cc4c(cc3B3c5ccc(N(c6ccccc6)c6ccccc6)cc5N(c5ccc6oc7cc(C(C)(C)C)ccc7c6c5)c5cc(C(C)(C)C)cc1c53)C(C)(C)CC4(C)C)C(C)(C)CCC2(C)C. The van der Waals surface area contributed by atoms with E-state index in [1.165, 1.54) is 90.2 Å². The fourth-order valence-electron chi connectivity index (χ4n) is 14.5. The van der Waals surface area contributed by atoms with Gasteiger partial charge in [0.05, 0.1) is 0 Å². The van der Waals surface area contributed by atoms with Crippen molar-refractivity contribution in [3.05, 3.63) is 191 Å². The summed E-state index contributed by atoms with van der Waals surface area (Å²) in [6, 6.07) is 58.5. The van der Waals surface area contributed by atoms with Crippen molar-refractivity contribution in [1.29, 1.82) is 0 Å². The molecule has 0 unspecified atom stereocenters. The number of hydrogen-bond acceptors (Lipinski definition) is 4. The first-order chi connectivity index (χ1) is 36.3. The Morgan fingerprint density at radius 1 is 0.442 bits per heavy atom. The summed E-state index contributed by atoms with van der Waals surface area (Å²) in [4.78, 5) is 7.77. The zero-order valence-corrected chi connectivity index (χ0v) is 48.4. The lowest BCUT2D eigenvalue weighted by molar-refractivity contribution is 0.332. The molecule has 0 amide bonds. The number of fused-ring (bicyclic) bond motifs is 9. The van der Waals surface area contributed by atoms with Gasteiger partial charge in [-0.2, -0.15) is 0 Å². The quantitative estimate of drug-likeness (QED) is 0.160. The normalized spacial score (nSPS) is 17.5. The van der Waals surface area contributed by atoms with Crippen LogP contribution in [0.5, 0.6) is 0 Å². The lowest BCUT2D eigenvalue weighted by atomic mass is 9.33. The highest BCUT2D eigenvalue weighted by atomic mass is 16.3. The van der Waals surface area contributed by atoms with Gasteiger partial charge in [-0.3, -0.25) is 0 Å². The van der Waals surface area contributed by atoms with E-state index in [-0.39, 0.29) is 39.2 Å². The maximum atomic E-state index is 6.76. The third-order valence-corrected chi connectivity index (χ3v) is 18.7. The maximum absolute atomic E-state index is 6.76. The van der Waals surface area contributed by atoms with Gasteiger partial charge in [0.25, 0.3) is 6.71 Å². The molecule has 0 saturated carbocycles. The molecule has 8 aromatic carbocycles. The monoisotopic (exact) mass is 1010 g/mol. The first-order valence-electron chi connectivity index (χ1n) is 28.5. The van der Waals surface area contributed by atoms with Crippen molar-refractivity contribution in [1.82, 2.24) is 0 Å². The topological polar surface area (TPSA) is 22.9 Å². The lowest BCUT2D eigenvalue weighted by Gasteiger charge is -2.47. The number of aryl methyl sites for hydroxylation is 1. The van der Waals surface area contributed by atoms with E-state index in [4.69, 9.17) is 4.42 Å². The van der Waals surface area contributed by atoms with E-state index in [1.807, 2.05) is 0 Å². The van der Waals surface area contributed by atoms with E-state index in [9.17, 15) is 0 Å². The van der Waals surface area contributed by atoms with Gasteiger partial charge < -0.3 is 19.1 Å². The van der Waals surface area contributed by atoms with Crippen LogP contribution in [0.1, 0.15) is 155 Å². The summed E-state index contributed by atoms with van der Waals surface area (Å²) in [7, 11) is 0. The standard InChI is InChI=1S/C72H76BN3O/c1-44-34-53-55(70(10,11)33-32-69(53,8)9)41-59(44)76-61-42-56-54(71(12,13)43-72(56,14)15)40-58(61)73-57-30-27-50(74(47-22-18-16-19-23-47)48-24-20-17-21-25-48)39-60(57)75(62-35-46(68(5,6)7)36-63(76)66(62)73)49-28-31-64-52(38-49)51-29-26-45(67(2,3)4)37-65(51)77-64/h16-31,34-42H,32-33,43H2,1-15H3. The highest BCUT2D eigenvalue weighted by Crippen LogP contribution is 2.55. The van der Waals surface area contributed by atoms with Crippen LogP contribution in [0.25, 0.3) is 21.9 Å². The molecule has 0 atom stereocenters. The summed E-state index contributed by atoms with van der Waals surface area (Å²) in [5.41, 5.74) is 26.4. The molecule has 0 bridgehead atoms. The number of anilines is 9. The molecule has 5 heteroatoms. The maximum Gasteiger partial charge on any atom is 0.252 e. The number of rotatable bonds is 5. The second kappa shape index (κ2) is 16.5. The number of furan rings is 1. The third-order valence-electron chi connectivity index (χ3n) is 18.7. The fraction of sp³-hybridized carbons (Fsp3) is 0.333. The summed E-state index contributed by atoms with van der Waals surface area (Å²) in [5.74, 6) is 0. The molecule has 0 N–H and O–H groups in total. The van der Waals surface area contributed by atoms with Crippen LogP contribution in [0.15, 0.2) is 156 Å². The van der Waals surface area contributed by atoms with Crippen molar-refractivity contribution < 1.29 is 4.42 Å². The molecule has 0 spiro atoms. The molecule has 0 saturated heterocycles. The lowest BCUT2D eigenvalue weighted by Crippen LogP contribution is -2.61. The predicted octanol–water partition coefficient (Wildman–Crippen LogP) is 18.3. The molecule has 0 radical (unpaired) electrons. The molecule has 77 heavy (non-hydrogen) atoms. The summed E-state index contributed by atoms with van der Waals surface area (Å²) < 4.78 is 6.76. The van der Waals surface area contributed by atoms with Crippen LogP contribution in [-0.4, -0.2) is 6.71 Å². The molecule has 2 aliphatic carbocycles. The van der Waals surface area contributed by atoms with Gasteiger partial charge in [-0.15, -0.1) is 0 Å². The summed E-state index contributed by atoms with van der Waals surface area (Å²) in [6.07, 6.45) is 3.44. The van der Waals surface area contributed by atoms with Crippen LogP contribution in [0.3, 0.4) is 0 Å². The van der Waals surface area contributed by atoms with Crippen LogP contribution in [0.4, 0.5) is 51.2 Å². The van der Waals surface area contributed by atoms with Crippen LogP contribution in [0, 0.1) is 6.92 Å². The molecule has 4 nitrogen and oxygen atoms in total. The van der Waals surface area contributed by atoms with Crippen molar-refractivity contribution in [2.24, 2.45) is 0 Å². The Hall–Kier alpha value is -6.98. The van der Waals surface area contributed by atoms with Crippen LogP contribution >= 0.6 is 0 Å². The largest absolute Gasteiger partial charge is 0.456 e. The second-order valence-corrected chi connectivity index (χ2v) is 28.1. The Kier molecular flexibility index (Phi) is 10.6. The molecular formula is C72H76BN3O. The van der Waals surface area contributed by atoms with Crippen molar-refractivity contribution in [3.8, 4) is 0 Å². The van der Waals surface area contributed by atoms with Crippen LogP contribution < -0.4 is 31.1 Å². The Balaban J connectivity index is 1.15. The molecule has 1 aromatic heterocycles. The van der Waals surface area contributed by atoms with Gasteiger partial charge in [0.2, 0.25) is 0 Å². The molecular weight excluding hydrogens is 934 g/mol. The van der Waals surface area contributed by atoms with E-state index >= 15 is 0 Å². The van der Waals surface area contributed by atoms with E-state index in [0.717, 1.165) is 57.5 Å². The average Bonchev–Trinajstić information content (AvgIpc) is 4.02. The third kappa shape index (κ3) is 7.67. The molecule has 388 valence electrons. The van der Waals surface area contributed by atoms with Gasteiger partial charge in [0.15, 0.2) is 0 Å². The van der Waals surface area contributed by atoms with Crippen molar-refractivity contribution in [2.75, 3.05) is 14.7 Å². The summed E-state index contributed by atoms with van der Waals surface area (Å²) in [5, 5.41) is 2.26. The van der Waals surface area contributed by atoms with Crippen LogP contribution in [-0.2, 0) is 32.5 Å². The number of hydrogen-bond donors (Lipinski definition) is 0. The highest BCUT2D eigenvalue weighted by molar-refractivity contribution is 7.00.